The number of esters is 1. The molecule has 1 rings (SSSR count). The molecule has 0 saturated carbocycles. The van der Waals surface area contributed by atoms with Gasteiger partial charge in [0, 0.05) is 0 Å². The largest absolute Gasteiger partial charge is 0.486 e. The van der Waals surface area contributed by atoms with Crippen molar-refractivity contribution in [1.29, 1.82) is 0 Å². The number of ether oxygens (including phenoxy) is 3. The summed E-state index contributed by atoms with van der Waals surface area (Å²) in [7, 11) is 0. The zero-order valence-corrected chi connectivity index (χ0v) is 17.7. The predicted octanol–water partition coefficient (Wildman–Crippen LogP) is 4.33. The van der Waals surface area contributed by atoms with Crippen molar-refractivity contribution in [3.63, 3.8) is 0 Å². The molecule has 0 aliphatic carbocycles. The third-order valence-corrected chi connectivity index (χ3v) is 3.75. The molecule has 1 aromatic rings. The number of hydrogen-bond donors (Lipinski definition) is 1. The molecule has 0 heterocycles. The van der Waals surface area contributed by atoms with E-state index >= 15 is 0 Å². The van der Waals surface area contributed by atoms with Gasteiger partial charge in [0.2, 0.25) is 0 Å². The maximum atomic E-state index is 12.5. The number of hydrogen-bond acceptors (Lipinski definition) is 5. The Morgan fingerprint density at radius 3 is 1.96 bits per heavy atom. The number of benzene rings is 1. The highest BCUT2D eigenvalue weighted by Crippen LogP contribution is 2.27. The summed E-state index contributed by atoms with van der Waals surface area (Å²) in [6.07, 6.45) is -1.02. The Hall–Kier alpha value is -2.24. The van der Waals surface area contributed by atoms with Gasteiger partial charge in [-0.3, -0.25) is 0 Å². The molecule has 6 nitrogen and oxygen atoms in total. The number of para-hydroxylation sites is 1. The molecule has 0 aliphatic rings. The lowest BCUT2D eigenvalue weighted by Crippen LogP contribution is -2.51. The molecular weight excluding hydrogens is 346 g/mol. The zero-order chi connectivity index (χ0) is 20.8. The minimum atomic E-state index is -0.898. The first-order valence-corrected chi connectivity index (χ1v) is 9.26. The highest BCUT2D eigenvalue weighted by atomic mass is 16.6. The zero-order valence-electron chi connectivity index (χ0n) is 17.7. The fourth-order valence-corrected chi connectivity index (χ4v) is 2.68. The van der Waals surface area contributed by atoms with Crippen molar-refractivity contribution in [3.8, 4) is 5.75 Å². The average molecular weight is 379 g/mol. The van der Waals surface area contributed by atoms with Gasteiger partial charge < -0.3 is 19.5 Å². The van der Waals surface area contributed by atoms with Gasteiger partial charge in [-0.25, -0.2) is 9.59 Å². The summed E-state index contributed by atoms with van der Waals surface area (Å²) < 4.78 is 16.9. The monoisotopic (exact) mass is 379 g/mol. The van der Waals surface area contributed by atoms with Crippen LogP contribution >= 0.6 is 0 Å². The van der Waals surface area contributed by atoms with Crippen LogP contribution in [0, 0.1) is 5.92 Å². The number of rotatable bonds is 7. The van der Waals surface area contributed by atoms with E-state index in [1.165, 1.54) is 0 Å². The number of carbonyl (C=O) groups excluding carboxylic acids is 2. The summed E-state index contributed by atoms with van der Waals surface area (Å²) in [5.74, 6) is 0.260. The minimum absolute atomic E-state index is 0.0992. The molecule has 0 saturated heterocycles. The molecule has 27 heavy (non-hydrogen) atoms. The van der Waals surface area contributed by atoms with Crippen LogP contribution in [0.25, 0.3) is 0 Å². The van der Waals surface area contributed by atoms with Gasteiger partial charge in [-0.15, -0.1) is 0 Å². The number of alkyl carbamates (subject to hydrolysis) is 1. The van der Waals surface area contributed by atoms with Crippen molar-refractivity contribution in [2.75, 3.05) is 0 Å². The molecule has 152 valence electrons. The first kappa shape index (κ1) is 22.8. The van der Waals surface area contributed by atoms with E-state index in [9.17, 15) is 9.59 Å². The maximum Gasteiger partial charge on any atom is 0.408 e. The molecule has 0 aliphatic heterocycles. The normalized spacial score (nSPS) is 14.3. The molecule has 1 N–H and O–H groups in total. The molecule has 1 aromatic carbocycles. The Labute approximate surface area is 162 Å². The highest BCUT2D eigenvalue weighted by molar-refractivity contribution is 5.81. The van der Waals surface area contributed by atoms with E-state index in [2.05, 4.69) is 5.32 Å². The second-order valence-corrected chi connectivity index (χ2v) is 8.49. The van der Waals surface area contributed by atoms with Crippen molar-refractivity contribution in [2.24, 2.45) is 5.92 Å². The summed E-state index contributed by atoms with van der Waals surface area (Å²) in [5.41, 5.74) is -1.54. The summed E-state index contributed by atoms with van der Waals surface area (Å²) in [6.45, 7) is 14.5. The molecule has 0 radical (unpaired) electrons. The molecule has 6 heteroatoms. The lowest BCUT2D eigenvalue weighted by atomic mass is 9.91. The van der Waals surface area contributed by atoms with E-state index in [4.69, 9.17) is 14.2 Å². The van der Waals surface area contributed by atoms with Crippen molar-refractivity contribution in [2.45, 2.75) is 78.7 Å². The Balaban J connectivity index is 2.76. The van der Waals surface area contributed by atoms with Gasteiger partial charge in [-0.1, -0.05) is 32.0 Å². The lowest BCUT2D eigenvalue weighted by molar-refractivity contribution is -0.170. The standard InChI is InChI=1S/C21H33NO5/c1-14(2)17(25-16-12-10-9-11-13-16)21(7,8)26-18(23)15(3)22-19(24)27-20(4,5)6/h9-15,17H,1-8H3,(H,22,24)/t15?,17-/m0/s1. The van der Waals surface area contributed by atoms with Crippen LogP contribution in [-0.4, -0.2) is 35.4 Å². The smallest absolute Gasteiger partial charge is 0.408 e. The minimum Gasteiger partial charge on any atom is -0.486 e. The summed E-state index contributed by atoms with van der Waals surface area (Å²) in [5, 5.41) is 2.50. The fraction of sp³-hybridized carbons (Fsp3) is 0.619. The van der Waals surface area contributed by atoms with Gasteiger partial charge in [0.25, 0.3) is 0 Å². The summed E-state index contributed by atoms with van der Waals surface area (Å²) in [6, 6.07) is 8.56. The Bertz CT molecular complexity index is 619. The average Bonchev–Trinajstić information content (AvgIpc) is 2.50. The van der Waals surface area contributed by atoms with E-state index in [0.717, 1.165) is 0 Å². The summed E-state index contributed by atoms with van der Waals surface area (Å²) >= 11 is 0. The van der Waals surface area contributed by atoms with Crippen molar-refractivity contribution >= 4 is 12.1 Å². The topological polar surface area (TPSA) is 73.9 Å². The van der Waals surface area contributed by atoms with E-state index in [1.807, 2.05) is 44.2 Å². The highest BCUT2D eigenvalue weighted by Gasteiger charge is 2.39. The Morgan fingerprint density at radius 2 is 1.48 bits per heavy atom. The second kappa shape index (κ2) is 9.11. The van der Waals surface area contributed by atoms with Crippen LogP contribution in [0.2, 0.25) is 0 Å². The molecule has 0 fully saturated rings. The number of nitrogens with one attached hydrogen (secondary N) is 1. The Morgan fingerprint density at radius 1 is 0.926 bits per heavy atom. The molecule has 1 amide bonds. The summed E-state index contributed by atoms with van der Waals surface area (Å²) in [4.78, 5) is 24.3. The van der Waals surface area contributed by atoms with Gasteiger partial charge in [0.05, 0.1) is 0 Å². The van der Waals surface area contributed by atoms with Gasteiger partial charge in [-0.2, -0.15) is 0 Å². The van der Waals surface area contributed by atoms with Crippen LogP contribution in [-0.2, 0) is 14.3 Å². The van der Waals surface area contributed by atoms with Crippen LogP contribution in [0.5, 0.6) is 5.75 Å². The molecule has 2 atom stereocenters. The fourth-order valence-electron chi connectivity index (χ4n) is 2.68. The third-order valence-electron chi connectivity index (χ3n) is 3.75. The number of carbonyl (C=O) groups is 2. The first-order chi connectivity index (χ1) is 12.3. The first-order valence-electron chi connectivity index (χ1n) is 9.26. The van der Waals surface area contributed by atoms with Crippen LogP contribution < -0.4 is 10.1 Å². The van der Waals surface area contributed by atoms with Gasteiger partial charge in [0.15, 0.2) is 0 Å². The second-order valence-electron chi connectivity index (χ2n) is 8.49. The third kappa shape index (κ3) is 7.89. The van der Waals surface area contributed by atoms with Gasteiger partial charge in [-0.05, 0) is 59.6 Å². The van der Waals surface area contributed by atoms with E-state index < -0.39 is 29.3 Å². The molecular formula is C21H33NO5. The molecule has 0 spiro atoms. The maximum absolute atomic E-state index is 12.5. The van der Waals surface area contributed by atoms with Crippen molar-refractivity contribution < 1.29 is 23.8 Å². The van der Waals surface area contributed by atoms with E-state index in [-0.39, 0.29) is 12.0 Å². The SMILES string of the molecule is CC(NC(=O)OC(C)(C)C)C(=O)OC(C)(C)[C@@H](Oc1ccccc1)C(C)C. The van der Waals surface area contributed by atoms with Crippen LogP contribution in [0.3, 0.4) is 0 Å². The number of amides is 1. The lowest BCUT2D eigenvalue weighted by Gasteiger charge is -2.37. The van der Waals surface area contributed by atoms with Crippen molar-refractivity contribution in [1.82, 2.24) is 5.32 Å². The Kier molecular flexibility index (Phi) is 7.69. The van der Waals surface area contributed by atoms with Gasteiger partial charge >= 0.3 is 12.1 Å². The molecule has 0 bridgehead atoms. The van der Waals surface area contributed by atoms with E-state index in [1.54, 1.807) is 41.5 Å². The molecule has 1 unspecified atom stereocenters. The predicted molar refractivity (Wildman–Crippen MR) is 105 cm³/mol. The van der Waals surface area contributed by atoms with Crippen LogP contribution in [0.1, 0.15) is 55.4 Å². The van der Waals surface area contributed by atoms with Crippen LogP contribution in [0.4, 0.5) is 4.79 Å². The van der Waals surface area contributed by atoms with Crippen LogP contribution in [0.15, 0.2) is 30.3 Å². The van der Waals surface area contributed by atoms with Gasteiger partial charge in [0.1, 0.15) is 29.1 Å². The van der Waals surface area contributed by atoms with E-state index in [0.29, 0.717) is 5.75 Å². The molecule has 0 aromatic heterocycles. The quantitative estimate of drug-likeness (QED) is 0.714. The van der Waals surface area contributed by atoms with Crippen molar-refractivity contribution in [3.05, 3.63) is 30.3 Å².